The Labute approximate surface area is 204 Å². The number of amides is 1. The first-order valence-corrected chi connectivity index (χ1v) is 13.8. The first kappa shape index (κ1) is 28.6. The van der Waals surface area contributed by atoms with Crippen LogP contribution in [0.4, 0.5) is 0 Å². The molecule has 0 bridgehead atoms. The lowest BCUT2D eigenvalue weighted by atomic mass is 10.1. The molecule has 35 heavy (non-hydrogen) atoms. The molecule has 1 heterocycles. The molecule has 196 valence electrons. The number of nitrogens with one attached hydrogen (secondary N) is 3. The molecule has 0 aliphatic carbocycles. The van der Waals surface area contributed by atoms with Gasteiger partial charge in [-0.1, -0.05) is 22.9 Å². The van der Waals surface area contributed by atoms with Crippen molar-refractivity contribution in [1.82, 2.24) is 14.8 Å². The maximum atomic E-state index is 12.9. The highest BCUT2D eigenvalue weighted by Gasteiger charge is 2.30. The number of carbonyl (C=O) groups is 2. The lowest BCUT2D eigenvalue weighted by molar-refractivity contribution is -0.138. The molecule has 15 heteroatoms. The molecule has 1 aliphatic heterocycles. The largest absolute Gasteiger partial charge is 0.480 e. The van der Waals surface area contributed by atoms with E-state index in [4.69, 9.17) is 9.98 Å². The van der Waals surface area contributed by atoms with E-state index in [0.717, 1.165) is 5.56 Å². The second-order valence-electron chi connectivity index (χ2n) is 8.35. The fourth-order valence-electron chi connectivity index (χ4n) is 3.74. The Kier molecular flexibility index (Phi) is 9.74. The number of rotatable bonds is 13. The number of oxime groups is 1. The Bertz CT molecular complexity index is 1170. The number of carbonyl (C=O) groups excluding carboxylic acids is 1. The summed E-state index contributed by atoms with van der Waals surface area (Å²) in [4.78, 5) is 29.3. The summed E-state index contributed by atoms with van der Waals surface area (Å²) >= 11 is 0. The van der Waals surface area contributed by atoms with Crippen LogP contribution in [0, 0.1) is 20.8 Å². The van der Waals surface area contributed by atoms with Crippen molar-refractivity contribution in [2.24, 2.45) is 10.3 Å². The summed E-state index contributed by atoms with van der Waals surface area (Å²) in [6.07, 6.45) is 1.42. The predicted molar refractivity (Wildman–Crippen MR) is 127 cm³/mol. The summed E-state index contributed by atoms with van der Waals surface area (Å²) in [5.74, 6) is -2.12. The molecule has 13 nitrogen and oxygen atoms in total. The van der Waals surface area contributed by atoms with Crippen LogP contribution < -0.4 is 19.9 Å². The van der Waals surface area contributed by atoms with Gasteiger partial charge in [0.15, 0.2) is 0 Å². The first-order valence-electron chi connectivity index (χ1n) is 10.8. The van der Waals surface area contributed by atoms with Crippen LogP contribution in [0.5, 0.6) is 0 Å². The van der Waals surface area contributed by atoms with Crippen molar-refractivity contribution in [3.8, 4) is 0 Å². The number of carboxylic acids is 1. The van der Waals surface area contributed by atoms with Crippen molar-refractivity contribution in [3.63, 3.8) is 0 Å². The summed E-state index contributed by atoms with van der Waals surface area (Å²) in [6.45, 7) is 4.74. The molecule has 1 amide bonds. The number of benzene rings is 1. The van der Waals surface area contributed by atoms with Gasteiger partial charge >= 0.3 is 5.97 Å². The molecule has 0 spiro atoms. The van der Waals surface area contributed by atoms with Crippen LogP contribution in [0.3, 0.4) is 0 Å². The van der Waals surface area contributed by atoms with Gasteiger partial charge in [0, 0.05) is 19.5 Å². The number of hydrogen-bond acceptors (Lipinski definition) is 8. The topological polar surface area (TPSA) is 206 Å². The van der Waals surface area contributed by atoms with Gasteiger partial charge in [0.25, 0.3) is 16.1 Å². The molecule has 0 radical (unpaired) electrons. The van der Waals surface area contributed by atoms with Crippen LogP contribution in [-0.4, -0.2) is 64.8 Å². The quantitative estimate of drug-likeness (QED) is 0.210. The van der Waals surface area contributed by atoms with E-state index in [2.05, 4.69) is 19.9 Å². The third-order valence-corrected chi connectivity index (χ3v) is 7.57. The molecule has 1 unspecified atom stereocenters. The van der Waals surface area contributed by atoms with Gasteiger partial charge < -0.3 is 15.3 Å². The molecule has 1 aliphatic rings. The molecule has 0 aromatic heterocycles. The fraction of sp³-hybridized carbons (Fsp3) is 0.550. The second kappa shape index (κ2) is 11.9. The summed E-state index contributed by atoms with van der Waals surface area (Å²) in [5.41, 5.74) is 1.88. The average molecular weight is 534 g/mol. The molecule has 0 fully saturated rings. The standard InChI is InChI=1S/C20H31N5O8S2/c1-12-8-13(2)18(14(3)9-12)34(29,30)25-17(20(27)28)11-22-19(26)16-10-15(33-24-16)6-4-5-7-23-35(21,31)32/h8-9,15,17,23,25H,4-7,10-11H2,1-3H3,(H,22,26)(H,27,28)(H2,21,31,32)/t15?,17-/m0/s1. The lowest BCUT2D eigenvalue weighted by Gasteiger charge is -2.18. The third-order valence-electron chi connectivity index (χ3n) is 5.19. The number of nitrogens with zero attached hydrogens (tertiary/aromatic N) is 1. The van der Waals surface area contributed by atoms with Crippen LogP contribution in [0.1, 0.15) is 42.4 Å². The van der Waals surface area contributed by atoms with E-state index in [1.54, 1.807) is 26.0 Å². The van der Waals surface area contributed by atoms with Crippen molar-refractivity contribution < 1.29 is 36.4 Å². The van der Waals surface area contributed by atoms with Crippen LogP contribution in [-0.2, 0) is 34.7 Å². The molecule has 1 aromatic carbocycles. The Hall–Kier alpha value is -2.59. The van der Waals surface area contributed by atoms with Crippen molar-refractivity contribution >= 4 is 37.8 Å². The van der Waals surface area contributed by atoms with E-state index in [1.807, 2.05) is 6.92 Å². The Balaban J connectivity index is 1.88. The monoisotopic (exact) mass is 533 g/mol. The molecule has 1 aromatic rings. The van der Waals surface area contributed by atoms with Crippen molar-refractivity contribution in [1.29, 1.82) is 0 Å². The minimum absolute atomic E-state index is 0.00338. The number of unbranched alkanes of at least 4 members (excludes halogenated alkanes) is 1. The van der Waals surface area contributed by atoms with E-state index in [1.165, 1.54) is 0 Å². The van der Waals surface area contributed by atoms with Crippen LogP contribution in [0.15, 0.2) is 22.2 Å². The van der Waals surface area contributed by atoms with Gasteiger partial charge in [-0.3, -0.25) is 9.59 Å². The SMILES string of the molecule is Cc1cc(C)c(S(=O)(=O)N[C@@H](CNC(=O)C2=NOC(CCCCNS(N)(=O)=O)C2)C(=O)O)c(C)c1. The lowest BCUT2D eigenvalue weighted by Crippen LogP contribution is -2.49. The summed E-state index contributed by atoms with van der Waals surface area (Å²) in [7, 11) is -7.91. The number of sulfonamides is 1. The zero-order chi connectivity index (χ0) is 26.4. The Morgan fingerprint density at radius 3 is 2.37 bits per heavy atom. The van der Waals surface area contributed by atoms with Gasteiger partial charge in [-0.15, -0.1) is 0 Å². The van der Waals surface area contributed by atoms with Gasteiger partial charge in [-0.05, 0) is 51.2 Å². The first-order chi connectivity index (χ1) is 16.2. The number of carboxylic acid groups (broad SMARTS) is 1. The van der Waals surface area contributed by atoms with Gasteiger partial charge in [0.05, 0.1) is 4.90 Å². The third kappa shape index (κ3) is 8.85. The maximum Gasteiger partial charge on any atom is 0.323 e. The minimum atomic E-state index is -4.17. The highest BCUT2D eigenvalue weighted by molar-refractivity contribution is 7.89. The Morgan fingerprint density at radius 2 is 1.80 bits per heavy atom. The zero-order valence-corrected chi connectivity index (χ0v) is 21.3. The fourth-order valence-corrected chi connectivity index (χ4v) is 5.81. The van der Waals surface area contributed by atoms with E-state index < -0.39 is 44.7 Å². The normalized spacial score (nSPS) is 16.9. The van der Waals surface area contributed by atoms with Crippen LogP contribution in [0.2, 0.25) is 0 Å². The molecule has 2 rings (SSSR count). The van der Waals surface area contributed by atoms with Crippen molar-refractivity contribution in [2.45, 2.75) is 63.5 Å². The molecular formula is C20H31N5O8S2. The summed E-state index contributed by atoms with van der Waals surface area (Å²) in [6, 6.07) is 1.77. The number of aliphatic carboxylic acids is 1. The molecule has 2 atom stereocenters. The van der Waals surface area contributed by atoms with Gasteiger partial charge in [0.1, 0.15) is 17.9 Å². The maximum absolute atomic E-state index is 12.9. The highest BCUT2D eigenvalue weighted by Crippen LogP contribution is 2.22. The number of hydrogen-bond donors (Lipinski definition) is 5. The van der Waals surface area contributed by atoms with E-state index >= 15 is 0 Å². The van der Waals surface area contributed by atoms with Crippen molar-refractivity contribution in [2.75, 3.05) is 13.1 Å². The average Bonchev–Trinajstić information content (AvgIpc) is 3.17. The van der Waals surface area contributed by atoms with E-state index in [9.17, 15) is 31.5 Å². The van der Waals surface area contributed by atoms with Gasteiger partial charge in [0.2, 0.25) is 10.0 Å². The smallest absolute Gasteiger partial charge is 0.323 e. The second-order valence-corrected chi connectivity index (χ2v) is 11.4. The highest BCUT2D eigenvalue weighted by atomic mass is 32.2. The Morgan fingerprint density at radius 1 is 1.17 bits per heavy atom. The van der Waals surface area contributed by atoms with Crippen molar-refractivity contribution in [3.05, 3.63) is 28.8 Å². The van der Waals surface area contributed by atoms with E-state index in [-0.39, 0.29) is 29.7 Å². The van der Waals surface area contributed by atoms with Gasteiger partial charge in [-0.2, -0.15) is 13.1 Å². The minimum Gasteiger partial charge on any atom is -0.480 e. The molecule has 0 saturated heterocycles. The molecule has 0 saturated carbocycles. The predicted octanol–water partition coefficient (Wildman–Crippen LogP) is -0.432. The van der Waals surface area contributed by atoms with Crippen LogP contribution >= 0.6 is 0 Å². The van der Waals surface area contributed by atoms with Crippen LogP contribution in [0.25, 0.3) is 0 Å². The summed E-state index contributed by atoms with van der Waals surface area (Å²) < 4.78 is 51.7. The summed E-state index contributed by atoms with van der Waals surface area (Å²) in [5, 5.41) is 20.4. The molecular weight excluding hydrogens is 502 g/mol. The number of nitrogens with two attached hydrogens (primary N) is 1. The van der Waals surface area contributed by atoms with E-state index in [0.29, 0.717) is 30.4 Å². The number of aryl methyl sites for hydroxylation is 3. The van der Waals surface area contributed by atoms with Gasteiger partial charge in [-0.25, -0.2) is 18.3 Å². The zero-order valence-electron chi connectivity index (χ0n) is 19.7. The molecule has 6 N–H and O–H groups in total.